The van der Waals surface area contributed by atoms with Crippen molar-refractivity contribution in [1.29, 1.82) is 0 Å². The zero-order chi connectivity index (χ0) is 19.8. The summed E-state index contributed by atoms with van der Waals surface area (Å²) in [6, 6.07) is 17.3. The van der Waals surface area contributed by atoms with Crippen molar-refractivity contribution in [1.82, 2.24) is 0 Å². The third-order valence-corrected chi connectivity index (χ3v) is 5.65. The molecule has 1 aliphatic heterocycles. The van der Waals surface area contributed by atoms with E-state index in [1.807, 2.05) is 38.1 Å². The highest BCUT2D eigenvalue weighted by molar-refractivity contribution is 5.56. The number of aromatic hydroxyl groups is 2. The number of hydrogen-bond acceptors (Lipinski definition) is 4. The number of phenolic OH excluding ortho intramolecular Hbond substituents is 2. The molecule has 0 aliphatic carbocycles. The largest absolute Gasteiger partial charge is 0.508 e. The van der Waals surface area contributed by atoms with Crippen LogP contribution in [0.3, 0.4) is 0 Å². The van der Waals surface area contributed by atoms with Crippen molar-refractivity contribution < 1.29 is 19.7 Å². The molecule has 3 aromatic carbocycles. The lowest BCUT2D eigenvalue weighted by molar-refractivity contribution is 0.245. The van der Waals surface area contributed by atoms with Gasteiger partial charge in [0.1, 0.15) is 23.0 Å². The zero-order valence-electron chi connectivity index (χ0n) is 16.3. The summed E-state index contributed by atoms with van der Waals surface area (Å²) in [6.07, 6.45) is 0. The minimum atomic E-state index is 0.0669. The molecule has 28 heavy (non-hydrogen) atoms. The van der Waals surface area contributed by atoms with E-state index in [2.05, 4.69) is 12.1 Å². The van der Waals surface area contributed by atoms with Gasteiger partial charge in [-0.25, -0.2) is 0 Å². The van der Waals surface area contributed by atoms with Gasteiger partial charge in [-0.3, -0.25) is 0 Å². The van der Waals surface area contributed by atoms with Gasteiger partial charge in [-0.1, -0.05) is 30.3 Å². The Kier molecular flexibility index (Phi) is 4.63. The zero-order valence-corrected chi connectivity index (χ0v) is 16.3. The Bertz CT molecular complexity index is 1010. The standard InChI is InChI=1S/C24H24O4/c1-14-12-17(6-11-22(14)27-3)23-19-9-10-21(26)15(2)24(19)28-13-20(23)16-4-7-18(25)8-5-16/h4-12,20,23,25-26H,13H2,1-3H3/t20-,23-/m1/s1. The average Bonchev–Trinajstić information content (AvgIpc) is 2.70. The molecule has 2 atom stereocenters. The van der Waals surface area contributed by atoms with Crippen LogP contribution in [-0.4, -0.2) is 23.9 Å². The van der Waals surface area contributed by atoms with E-state index in [1.165, 1.54) is 5.56 Å². The van der Waals surface area contributed by atoms with Crippen LogP contribution in [0.2, 0.25) is 0 Å². The van der Waals surface area contributed by atoms with Crippen LogP contribution in [-0.2, 0) is 0 Å². The molecule has 144 valence electrons. The first-order chi connectivity index (χ1) is 13.5. The Labute approximate surface area is 165 Å². The maximum atomic E-state index is 10.1. The molecule has 1 heterocycles. The van der Waals surface area contributed by atoms with Crippen LogP contribution < -0.4 is 9.47 Å². The highest BCUT2D eigenvalue weighted by Gasteiger charge is 2.35. The molecule has 3 aromatic rings. The van der Waals surface area contributed by atoms with Gasteiger partial charge in [0.15, 0.2) is 0 Å². The van der Waals surface area contributed by atoms with E-state index in [1.54, 1.807) is 25.3 Å². The fraction of sp³-hybridized carbons (Fsp3) is 0.250. The molecule has 0 unspecified atom stereocenters. The van der Waals surface area contributed by atoms with E-state index >= 15 is 0 Å². The van der Waals surface area contributed by atoms with E-state index in [0.29, 0.717) is 6.61 Å². The molecule has 0 aromatic heterocycles. The maximum absolute atomic E-state index is 10.1. The highest BCUT2D eigenvalue weighted by Crippen LogP contribution is 2.49. The van der Waals surface area contributed by atoms with Crippen molar-refractivity contribution in [3.8, 4) is 23.0 Å². The molecule has 4 rings (SSSR count). The Morgan fingerprint density at radius 3 is 2.32 bits per heavy atom. The average molecular weight is 376 g/mol. The van der Waals surface area contributed by atoms with Crippen LogP contribution in [0.5, 0.6) is 23.0 Å². The summed E-state index contributed by atoms with van der Waals surface area (Å²) in [6.45, 7) is 4.42. The summed E-state index contributed by atoms with van der Waals surface area (Å²) in [4.78, 5) is 0. The quantitative estimate of drug-likeness (QED) is 0.673. The second kappa shape index (κ2) is 7.12. The first-order valence-electron chi connectivity index (χ1n) is 9.38. The molecule has 4 heteroatoms. The second-order valence-electron chi connectivity index (χ2n) is 7.34. The van der Waals surface area contributed by atoms with E-state index in [9.17, 15) is 10.2 Å². The molecule has 0 bridgehead atoms. The number of benzene rings is 3. The maximum Gasteiger partial charge on any atom is 0.129 e. The third-order valence-electron chi connectivity index (χ3n) is 5.65. The molecule has 0 fully saturated rings. The molecule has 0 saturated heterocycles. The SMILES string of the molecule is COc1ccc([C@@H]2c3ccc(O)c(C)c3OC[C@@H]2c2ccc(O)cc2)cc1C. The molecular weight excluding hydrogens is 352 g/mol. The van der Waals surface area contributed by atoms with Crippen molar-refractivity contribution >= 4 is 0 Å². The van der Waals surface area contributed by atoms with Crippen LogP contribution in [0, 0.1) is 13.8 Å². The van der Waals surface area contributed by atoms with Gasteiger partial charge in [0.2, 0.25) is 0 Å². The number of fused-ring (bicyclic) bond motifs is 1. The summed E-state index contributed by atoms with van der Waals surface area (Å²) in [5, 5.41) is 19.8. The van der Waals surface area contributed by atoms with Crippen molar-refractivity contribution in [3.05, 3.63) is 82.4 Å². The fourth-order valence-electron chi connectivity index (χ4n) is 4.14. The summed E-state index contributed by atoms with van der Waals surface area (Å²) in [5.74, 6) is 2.26. The predicted molar refractivity (Wildman–Crippen MR) is 109 cm³/mol. The molecule has 4 nitrogen and oxygen atoms in total. The molecule has 2 N–H and O–H groups in total. The lowest BCUT2D eigenvalue weighted by Gasteiger charge is -2.35. The summed E-state index contributed by atoms with van der Waals surface area (Å²) < 4.78 is 11.5. The number of phenols is 2. The monoisotopic (exact) mass is 376 g/mol. The Balaban J connectivity index is 1.88. The van der Waals surface area contributed by atoms with E-state index < -0.39 is 0 Å². The second-order valence-corrected chi connectivity index (χ2v) is 7.34. The predicted octanol–water partition coefficient (Wildman–Crippen LogP) is 5.03. The highest BCUT2D eigenvalue weighted by atomic mass is 16.5. The smallest absolute Gasteiger partial charge is 0.129 e. The Hall–Kier alpha value is -3.14. The normalized spacial score (nSPS) is 18.2. The number of rotatable bonds is 3. The Morgan fingerprint density at radius 2 is 1.64 bits per heavy atom. The van der Waals surface area contributed by atoms with Crippen molar-refractivity contribution in [2.75, 3.05) is 13.7 Å². The molecule has 0 saturated carbocycles. The summed E-state index contributed by atoms with van der Waals surface area (Å²) in [5.41, 5.74) is 5.17. The minimum absolute atomic E-state index is 0.0669. The minimum Gasteiger partial charge on any atom is -0.508 e. The van der Waals surface area contributed by atoms with Crippen LogP contribution in [0.15, 0.2) is 54.6 Å². The van der Waals surface area contributed by atoms with Gasteiger partial charge in [-0.15, -0.1) is 0 Å². The first kappa shape index (κ1) is 18.2. The van der Waals surface area contributed by atoms with Gasteiger partial charge in [0, 0.05) is 23.0 Å². The Morgan fingerprint density at radius 1 is 0.929 bits per heavy atom. The van der Waals surface area contributed by atoms with Crippen LogP contribution in [0.4, 0.5) is 0 Å². The first-order valence-corrected chi connectivity index (χ1v) is 9.38. The number of ether oxygens (including phenoxy) is 2. The third kappa shape index (κ3) is 3.05. The lowest BCUT2D eigenvalue weighted by atomic mass is 9.75. The van der Waals surface area contributed by atoms with Gasteiger partial charge in [-0.05, 0) is 54.8 Å². The van der Waals surface area contributed by atoms with Gasteiger partial charge in [-0.2, -0.15) is 0 Å². The van der Waals surface area contributed by atoms with Gasteiger partial charge in [0.25, 0.3) is 0 Å². The lowest BCUT2D eigenvalue weighted by Crippen LogP contribution is -2.26. The molecular formula is C24H24O4. The van der Waals surface area contributed by atoms with Crippen molar-refractivity contribution in [2.45, 2.75) is 25.7 Å². The summed E-state index contributed by atoms with van der Waals surface area (Å²) >= 11 is 0. The van der Waals surface area contributed by atoms with E-state index in [0.717, 1.165) is 33.8 Å². The topological polar surface area (TPSA) is 58.9 Å². The number of aryl methyl sites for hydroxylation is 1. The van der Waals surface area contributed by atoms with E-state index in [-0.39, 0.29) is 23.3 Å². The number of hydrogen-bond donors (Lipinski definition) is 2. The van der Waals surface area contributed by atoms with Crippen molar-refractivity contribution in [2.24, 2.45) is 0 Å². The molecule has 0 radical (unpaired) electrons. The van der Waals surface area contributed by atoms with Gasteiger partial charge < -0.3 is 19.7 Å². The van der Waals surface area contributed by atoms with Crippen LogP contribution in [0.1, 0.15) is 39.7 Å². The number of methoxy groups -OCH3 is 1. The fourth-order valence-corrected chi connectivity index (χ4v) is 4.14. The van der Waals surface area contributed by atoms with Gasteiger partial charge in [0.05, 0.1) is 13.7 Å². The van der Waals surface area contributed by atoms with Gasteiger partial charge >= 0.3 is 0 Å². The van der Waals surface area contributed by atoms with Crippen LogP contribution >= 0.6 is 0 Å². The van der Waals surface area contributed by atoms with E-state index in [4.69, 9.17) is 9.47 Å². The summed E-state index contributed by atoms with van der Waals surface area (Å²) in [7, 11) is 1.68. The molecule has 1 aliphatic rings. The van der Waals surface area contributed by atoms with Crippen LogP contribution in [0.25, 0.3) is 0 Å². The molecule has 0 amide bonds. The van der Waals surface area contributed by atoms with Crippen molar-refractivity contribution in [3.63, 3.8) is 0 Å². The molecule has 0 spiro atoms.